The van der Waals surface area contributed by atoms with Crippen LogP contribution in [0.2, 0.25) is 0 Å². The third kappa shape index (κ3) is 2.65. The monoisotopic (exact) mass is 254 g/mol. The molecule has 0 N–H and O–H groups in total. The lowest BCUT2D eigenvalue weighted by atomic mass is 10.2. The summed E-state index contributed by atoms with van der Waals surface area (Å²) >= 11 is 1.35. The fourth-order valence-corrected chi connectivity index (χ4v) is 1.82. The van der Waals surface area contributed by atoms with E-state index >= 15 is 0 Å². The summed E-state index contributed by atoms with van der Waals surface area (Å²) in [7, 11) is 1.54. The highest BCUT2D eigenvalue weighted by atomic mass is 32.2. The molecule has 0 aliphatic heterocycles. The Morgan fingerprint density at radius 1 is 1.47 bits per heavy atom. The van der Waals surface area contributed by atoms with Gasteiger partial charge in [0.25, 0.3) is 5.89 Å². The van der Waals surface area contributed by atoms with Gasteiger partial charge >= 0.3 is 0 Å². The van der Waals surface area contributed by atoms with Gasteiger partial charge in [0, 0.05) is 17.6 Å². The van der Waals surface area contributed by atoms with Crippen molar-refractivity contribution in [1.82, 2.24) is 10.1 Å². The molecule has 0 saturated carbocycles. The van der Waals surface area contributed by atoms with E-state index in [0.29, 0.717) is 22.2 Å². The maximum atomic E-state index is 13.6. The van der Waals surface area contributed by atoms with E-state index in [9.17, 15) is 4.39 Å². The van der Waals surface area contributed by atoms with E-state index in [0.717, 1.165) is 0 Å². The maximum absolute atomic E-state index is 13.6. The Morgan fingerprint density at radius 2 is 2.29 bits per heavy atom. The lowest BCUT2D eigenvalue weighted by molar-refractivity contribution is 0.151. The van der Waals surface area contributed by atoms with Gasteiger partial charge in [-0.05, 0) is 24.5 Å². The van der Waals surface area contributed by atoms with E-state index in [1.807, 2.05) is 6.26 Å². The number of rotatable bonds is 4. The lowest BCUT2D eigenvalue weighted by Gasteiger charge is -2.00. The first-order valence-corrected chi connectivity index (χ1v) is 6.12. The van der Waals surface area contributed by atoms with Gasteiger partial charge in [0.15, 0.2) is 0 Å². The molecule has 1 aromatic carbocycles. The summed E-state index contributed by atoms with van der Waals surface area (Å²) in [6, 6.07) is 4.85. The number of methoxy groups -OCH3 is 1. The fourth-order valence-electron chi connectivity index (χ4n) is 1.36. The van der Waals surface area contributed by atoms with Crippen LogP contribution in [0.15, 0.2) is 27.6 Å². The second-order valence-corrected chi connectivity index (χ2v) is 4.14. The Hall–Kier alpha value is -1.40. The van der Waals surface area contributed by atoms with Crippen molar-refractivity contribution in [2.75, 3.05) is 13.4 Å². The highest BCUT2D eigenvalue weighted by molar-refractivity contribution is 7.98. The van der Waals surface area contributed by atoms with Gasteiger partial charge in [0.1, 0.15) is 12.4 Å². The van der Waals surface area contributed by atoms with Crippen molar-refractivity contribution >= 4 is 11.8 Å². The van der Waals surface area contributed by atoms with E-state index in [-0.39, 0.29) is 12.4 Å². The summed E-state index contributed by atoms with van der Waals surface area (Å²) in [5.41, 5.74) is 0.589. The van der Waals surface area contributed by atoms with Crippen molar-refractivity contribution in [2.45, 2.75) is 11.5 Å². The zero-order valence-electron chi connectivity index (χ0n) is 9.44. The minimum absolute atomic E-state index is 0.248. The third-order valence-electron chi connectivity index (χ3n) is 2.15. The highest BCUT2D eigenvalue weighted by Gasteiger charge is 2.10. The fraction of sp³-hybridized carbons (Fsp3) is 0.273. The summed E-state index contributed by atoms with van der Waals surface area (Å²) in [4.78, 5) is 4.68. The van der Waals surface area contributed by atoms with Crippen LogP contribution in [-0.2, 0) is 11.3 Å². The number of thioether (sulfide) groups is 1. The molecular weight excluding hydrogens is 243 g/mol. The molecule has 1 heterocycles. The van der Waals surface area contributed by atoms with Crippen LogP contribution in [0.25, 0.3) is 11.4 Å². The quantitative estimate of drug-likeness (QED) is 0.785. The second kappa shape index (κ2) is 5.29. The van der Waals surface area contributed by atoms with Crippen molar-refractivity contribution in [1.29, 1.82) is 0 Å². The van der Waals surface area contributed by atoms with Gasteiger partial charge in [-0.1, -0.05) is 5.16 Å². The normalized spacial score (nSPS) is 10.8. The lowest BCUT2D eigenvalue weighted by Crippen LogP contribution is -1.88. The summed E-state index contributed by atoms with van der Waals surface area (Å²) in [5.74, 6) is 0.452. The Morgan fingerprint density at radius 3 is 2.94 bits per heavy atom. The molecule has 2 rings (SSSR count). The first kappa shape index (κ1) is 12.1. The van der Waals surface area contributed by atoms with Crippen LogP contribution in [0.5, 0.6) is 0 Å². The number of halogens is 1. The standard InChI is InChI=1S/C11H11FN2O2S/c1-15-6-10-13-11(14-16-10)7-3-4-9(17-2)8(12)5-7/h3-5H,6H2,1-2H3. The molecule has 0 fully saturated rings. The second-order valence-electron chi connectivity index (χ2n) is 3.29. The Balaban J connectivity index is 2.29. The zero-order chi connectivity index (χ0) is 12.3. The van der Waals surface area contributed by atoms with Crippen LogP contribution in [0.3, 0.4) is 0 Å². The van der Waals surface area contributed by atoms with Crippen LogP contribution in [-0.4, -0.2) is 23.5 Å². The van der Waals surface area contributed by atoms with E-state index in [1.54, 1.807) is 12.1 Å². The van der Waals surface area contributed by atoms with Crippen molar-refractivity contribution < 1.29 is 13.7 Å². The van der Waals surface area contributed by atoms with Gasteiger partial charge in [0.2, 0.25) is 5.82 Å². The van der Waals surface area contributed by atoms with Gasteiger partial charge in [-0.3, -0.25) is 0 Å². The van der Waals surface area contributed by atoms with Crippen molar-refractivity contribution in [3.8, 4) is 11.4 Å². The van der Waals surface area contributed by atoms with E-state index in [2.05, 4.69) is 10.1 Å². The largest absolute Gasteiger partial charge is 0.375 e. The SMILES string of the molecule is COCc1nc(-c2ccc(SC)c(F)c2)no1. The minimum Gasteiger partial charge on any atom is -0.375 e. The number of benzene rings is 1. The van der Waals surface area contributed by atoms with Crippen molar-refractivity contribution in [3.63, 3.8) is 0 Å². The molecule has 17 heavy (non-hydrogen) atoms. The number of nitrogens with zero attached hydrogens (tertiary/aromatic N) is 2. The number of hydrogen-bond donors (Lipinski definition) is 0. The predicted octanol–water partition coefficient (Wildman–Crippen LogP) is 2.74. The molecule has 0 saturated heterocycles. The molecule has 0 bridgehead atoms. The average Bonchev–Trinajstić information content (AvgIpc) is 2.78. The summed E-state index contributed by atoms with van der Waals surface area (Å²) in [6.45, 7) is 0.248. The van der Waals surface area contributed by atoms with E-state index in [4.69, 9.17) is 9.26 Å². The molecule has 90 valence electrons. The van der Waals surface area contributed by atoms with Gasteiger partial charge in [0.05, 0.1) is 0 Å². The van der Waals surface area contributed by atoms with Crippen LogP contribution in [0.4, 0.5) is 4.39 Å². The maximum Gasteiger partial charge on any atom is 0.252 e. The molecule has 1 aromatic heterocycles. The van der Waals surface area contributed by atoms with Gasteiger partial charge in [-0.15, -0.1) is 11.8 Å². The Kier molecular flexibility index (Phi) is 3.75. The molecule has 0 aliphatic carbocycles. The third-order valence-corrected chi connectivity index (χ3v) is 2.92. The molecular formula is C11H11FN2O2S. The molecule has 0 radical (unpaired) electrons. The van der Waals surface area contributed by atoms with E-state index < -0.39 is 0 Å². The van der Waals surface area contributed by atoms with Crippen molar-refractivity contribution in [2.24, 2.45) is 0 Å². The van der Waals surface area contributed by atoms with Crippen molar-refractivity contribution in [3.05, 3.63) is 29.9 Å². The van der Waals surface area contributed by atoms with Gasteiger partial charge in [-0.25, -0.2) is 4.39 Å². The highest BCUT2D eigenvalue weighted by Crippen LogP contribution is 2.24. The van der Waals surface area contributed by atoms with Crippen LogP contribution < -0.4 is 0 Å². The molecule has 0 amide bonds. The average molecular weight is 254 g/mol. The number of ether oxygens (including phenoxy) is 1. The number of hydrogen-bond acceptors (Lipinski definition) is 5. The minimum atomic E-state index is -0.284. The molecule has 0 atom stereocenters. The Labute approximate surface area is 102 Å². The molecule has 0 aliphatic rings. The van der Waals surface area contributed by atoms with Crippen LogP contribution >= 0.6 is 11.8 Å². The first-order valence-electron chi connectivity index (χ1n) is 4.90. The predicted molar refractivity (Wildman–Crippen MR) is 62.2 cm³/mol. The summed E-state index contributed by atoms with van der Waals surface area (Å²) in [6.07, 6.45) is 1.82. The first-order chi connectivity index (χ1) is 8.24. The van der Waals surface area contributed by atoms with E-state index in [1.165, 1.54) is 24.9 Å². The molecule has 0 unspecified atom stereocenters. The molecule has 6 heteroatoms. The molecule has 0 spiro atoms. The Bertz CT molecular complexity index is 516. The summed E-state index contributed by atoms with van der Waals surface area (Å²) < 4.78 is 23.4. The topological polar surface area (TPSA) is 48.2 Å². The molecule has 2 aromatic rings. The van der Waals surface area contributed by atoms with Crippen LogP contribution in [0.1, 0.15) is 5.89 Å². The smallest absolute Gasteiger partial charge is 0.252 e. The molecule has 4 nitrogen and oxygen atoms in total. The number of aromatic nitrogens is 2. The zero-order valence-corrected chi connectivity index (χ0v) is 10.3. The van der Waals surface area contributed by atoms with Crippen LogP contribution in [0, 0.1) is 5.82 Å². The summed E-state index contributed by atoms with van der Waals surface area (Å²) in [5, 5.41) is 3.76. The van der Waals surface area contributed by atoms with Gasteiger partial charge < -0.3 is 9.26 Å². The van der Waals surface area contributed by atoms with Gasteiger partial charge in [-0.2, -0.15) is 4.98 Å².